The van der Waals surface area contributed by atoms with E-state index in [1.807, 2.05) is 12.1 Å². The van der Waals surface area contributed by atoms with Crippen molar-refractivity contribution in [2.75, 3.05) is 0 Å². The molecule has 2 nitrogen and oxygen atoms in total. The fourth-order valence-electron chi connectivity index (χ4n) is 2.12. The summed E-state index contributed by atoms with van der Waals surface area (Å²) in [7, 11) is 0. The van der Waals surface area contributed by atoms with E-state index in [1.165, 1.54) is 18.4 Å². The van der Waals surface area contributed by atoms with Crippen LogP contribution in [0.1, 0.15) is 31.2 Å². The molecule has 0 bridgehead atoms. The number of ether oxygens (including phenoxy) is 1. The van der Waals surface area contributed by atoms with E-state index in [1.54, 1.807) is 0 Å². The van der Waals surface area contributed by atoms with Gasteiger partial charge in [0.2, 0.25) is 0 Å². The van der Waals surface area contributed by atoms with Crippen molar-refractivity contribution < 1.29 is 4.74 Å². The molecule has 0 spiro atoms. The van der Waals surface area contributed by atoms with Crippen molar-refractivity contribution in [3.63, 3.8) is 0 Å². The highest BCUT2D eigenvalue weighted by molar-refractivity contribution is 9.10. The Morgan fingerprint density at radius 1 is 1.19 bits per heavy atom. The molecular weight excluding hydrogens is 266 g/mol. The molecule has 0 heterocycles. The lowest BCUT2D eigenvalue weighted by Gasteiger charge is -2.28. The molecule has 2 N–H and O–H groups in total. The fraction of sp³-hybridized carbons (Fsp3) is 0.538. The molecule has 1 fully saturated rings. The van der Waals surface area contributed by atoms with Gasteiger partial charge >= 0.3 is 0 Å². The minimum absolute atomic E-state index is 0.226. The first-order valence-electron chi connectivity index (χ1n) is 5.87. The summed E-state index contributed by atoms with van der Waals surface area (Å²) < 4.78 is 6.98. The molecule has 2 atom stereocenters. The van der Waals surface area contributed by atoms with Crippen LogP contribution in [-0.4, -0.2) is 12.1 Å². The Hall–Kier alpha value is -0.380. The molecule has 0 aromatic heterocycles. The summed E-state index contributed by atoms with van der Waals surface area (Å²) in [6, 6.07) is 8.47. The van der Waals surface area contributed by atoms with Crippen molar-refractivity contribution in [1.29, 1.82) is 0 Å². The largest absolute Gasteiger partial charge is 0.372 e. The molecule has 0 radical (unpaired) electrons. The van der Waals surface area contributed by atoms with Gasteiger partial charge in [0.1, 0.15) is 0 Å². The molecule has 1 aromatic rings. The van der Waals surface area contributed by atoms with E-state index in [0.29, 0.717) is 6.61 Å². The smallest absolute Gasteiger partial charge is 0.0730 e. The molecule has 2 rings (SSSR count). The molecule has 1 aliphatic rings. The zero-order chi connectivity index (χ0) is 11.4. The fourth-order valence-corrected chi connectivity index (χ4v) is 2.38. The number of benzene rings is 1. The van der Waals surface area contributed by atoms with Crippen molar-refractivity contribution in [2.24, 2.45) is 5.73 Å². The quantitative estimate of drug-likeness (QED) is 0.924. The van der Waals surface area contributed by atoms with Crippen LogP contribution in [0.25, 0.3) is 0 Å². The lowest BCUT2D eigenvalue weighted by atomic mass is 9.93. The first-order chi connectivity index (χ1) is 7.75. The van der Waals surface area contributed by atoms with Crippen LogP contribution in [0.5, 0.6) is 0 Å². The van der Waals surface area contributed by atoms with Crippen molar-refractivity contribution >= 4 is 15.9 Å². The van der Waals surface area contributed by atoms with Gasteiger partial charge in [0.15, 0.2) is 0 Å². The Morgan fingerprint density at radius 2 is 1.88 bits per heavy atom. The average molecular weight is 284 g/mol. The SMILES string of the molecule is NC1CCCCC1OCc1ccc(Br)cc1. The summed E-state index contributed by atoms with van der Waals surface area (Å²) in [4.78, 5) is 0. The van der Waals surface area contributed by atoms with Gasteiger partial charge in [-0.2, -0.15) is 0 Å². The van der Waals surface area contributed by atoms with Crippen molar-refractivity contribution in [3.05, 3.63) is 34.3 Å². The maximum absolute atomic E-state index is 6.03. The zero-order valence-electron chi connectivity index (χ0n) is 9.36. The van der Waals surface area contributed by atoms with E-state index < -0.39 is 0 Å². The van der Waals surface area contributed by atoms with Crippen LogP contribution in [0.4, 0.5) is 0 Å². The summed E-state index contributed by atoms with van der Waals surface area (Å²) in [5.74, 6) is 0. The van der Waals surface area contributed by atoms with Gasteiger partial charge in [-0.25, -0.2) is 0 Å². The van der Waals surface area contributed by atoms with Crippen LogP contribution in [0.2, 0.25) is 0 Å². The van der Waals surface area contributed by atoms with Crippen LogP contribution < -0.4 is 5.73 Å². The Kier molecular flexibility index (Phi) is 4.38. The van der Waals surface area contributed by atoms with Crippen LogP contribution in [0, 0.1) is 0 Å². The average Bonchev–Trinajstić information content (AvgIpc) is 2.30. The molecule has 3 heteroatoms. The third-order valence-corrected chi connectivity index (χ3v) is 3.66. The summed E-state index contributed by atoms with van der Waals surface area (Å²) in [6.07, 6.45) is 4.96. The van der Waals surface area contributed by atoms with E-state index in [4.69, 9.17) is 10.5 Å². The molecule has 1 saturated carbocycles. The Labute approximate surface area is 105 Å². The van der Waals surface area contributed by atoms with E-state index in [9.17, 15) is 0 Å². The molecule has 16 heavy (non-hydrogen) atoms. The number of nitrogens with two attached hydrogens (primary N) is 1. The maximum atomic E-state index is 6.03. The van der Waals surface area contributed by atoms with E-state index in [0.717, 1.165) is 17.3 Å². The van der Waals surface area contributed by atoms with Crippen LogP contribution in [-0.2, 0) is 11.3 Å². The van der Waals surface area contributed by atoms with Crippen molar-refractivity contribution in [3.8, 4) is 0 Å². The second-order valence-electron chi connectivity index (χ2n) is 4.42. The Morgan fingerprint density at radius 3 is 2.56 bits per heavy atom. The Balaban J connectivity index is 1.84. The molecule has 0 saturated heterocycles. The molecule has 1 aromatic carbocycles. The molecule has 88 valence electrons. The highest BCUT2D eigenvalue weighted by atomic mass is 79.9. The highest BCUT2D eigenvalue weighted by Crippen LogP contribution is 2.21. The van der Waals surface area contributed by atoms with Crippen LogP contribution >= 0.6 is 15.9 Å². The van der Waals surface area contributed by atoms with Crippen LogP contribution in [0.15, 0.2) is 28.7 Å². The summed E-state index contributed by atoms with van der Waals surface area (Å²) in [6.45, 7) is 0.672. The maximum Gasteiger partial charge on any atom is 0.0730 e. The van der Waals surface area contributed by atoms with Gasteiger partial charge in [-0.1, -0.05) is 40.9 Å². The Bertz CT molecular complexity index is 325. The third kappa shape index (κ3) is 3.30. The summed E-state index contributed by atoms with van der Waals surface area (Å²) in [5.41, 5.74) is 7.24. The number of hydrogen-bond donors (Lipinski definition) is 1. The second kappa shape index (κ2) is 5.80. The second-order valence-corrected chi connectivity index (χ2v) is 5.34. The summed E-state index contributed by atoms with van der Waals surface area (Å²) >= 11 is 3.42. The molecule has 0 amide bonds. The van der Waals surface area contributed by atoms with Gasteiger partial charge in [-0.3, -0.25) is 0 Å². The lowest BCUT2D eigenvalue weighted by molar-refractivity contribution is 0.00404. The zero-order valence-corrected chi connectivity index (χ0v) is 10.9. The van der Waals surface area contributed by atoms with Crippen molar-refractivity contribution in [2.45, 2.75) is 44.4 Å². The lowest BCUT2D eigenvalue weighted by Crippen LogP contribution is -2.39. The van der Waals surface area contributed by atoms with Crippen LogP contribution in [0.3, 0.4) is 0 Å². The number of hydrogen-bond acceptors (Lipinski definition) is 2. The van der Waals surface area contributed by atoms with Gasteiger partial charge in [0.25, 0.3) is 0 Å². The topological polar surface area (TPSA) is 35.2 Å². The minimum Gasteiger partial charge on any atom is -0.372 e. The monoisotopic (exact) mass is 283 g/mol. The number of halogens is 1. The third-order valence-electron chi connectivity index (χ3n) is 3.13. The van der Waals surface area contributed by atoms with E-state index in [2.05, 4.69) is 28.1 Å². The molecule has 0 aliphatic heterocycles. The van der Waals surface area contributed by atoms with Gasteiger partial charge in [-0.05, 0) is 30.5 Å². The normalized spacial score (nSPS) is 25.6. The highest BCUT2D eigenvalue weighted by Gasteiger charge is 2.21. The van der Waals surface area contributed by atoms with Gasteiger partial charge in [0, 0.05) is 10.5 Å². The predicted molar refractivity (Wildman–Crippen MR) is 69.2 cm³/mol. The van der Waals surface area contributed by atoms with Gasteiger partial charge < -0.3 is 10.5 Å². The first-order valence-corrected chi connectivity index (χ1v) is 6.66. The van der Waals surface area contributed by atoms with E-state index in [-0.39, 0.29) is 12.1 Å². The predicted octanol–water partition coefficient (Wildman–Crippen LogP) is 3.24. The van der Waals surface area contributed by atoms with Crippen molar-refractivity contribution in [1.82, 2.24) is 0 Å². The first kappa shape index (κ1) is 12.1. The van der Waals surface area contributed by atoms with Gasteiger partial charge in [0.05, 0.1) is 12.7 Å². The van der Waals surface area contributed by atoms with Gasteiger partial charge in [-0.15, -0.1) is 0 Å². The molecule has 2 unspecified atom stereocenters. The molecule has 1 aliphatic carbocycles. The summed E-state index contributed by atoms with van der Waals surface area (Å²) in [5, 5.41) is 0. The number of rotatable bonds is 3. The van der Waals surface area contributed by atoms with E-state index >= 15 is 0 Å². The molecular formula is C13H18BrNO. The minimum atomic E-state index is 0.226. The standard InChI is InChI=1S/C13H18BrNO/c14-11-7-5-10(6-8-11)9-16-13-4-2-1-3-12(13)15/h5-8,12-13H,1-4,9,15H2.